The topological polar surface area (TPSA) is 52.9 Å². The van der Waals surface area contributed by atoms with E-state index in [4.69, 9.17) is 0 Å². The zero-order chi connectivity index (χ0) is 18.3. The van der Waals surface area contributed by atoms with E-state index in [0.717, 1.165) is 5.56 Å². The molecule has 0 saturated carbocycles. The van der Waals surface area contributed by atoms with Gasteiger partial charge >= 0.3 is 6.18 Å². The molecule has 0 saturated heterocycles. The second kappa shape index (κ2) is 5.88. The molecule has 1 aromatic carbocycles. The van der Waals surface area contributed by atoms with Gasteiger partial charge in [0.05, 0.1) is 0 Å². The fraction of sp³-hybridized carbons (Fsp3) is 0.529. The fourth-order valence-corrected chi connectivity index (χ4v) is 2.48. The van der Waals surface area contributed by atoms with Gasteiger partial charge in [-0.2, -0.15) is 23.3 Å². The first-order chi connectivity index (χ1) is 10.9. The van der Waals surface area contributed by atoms with Crippen LogP contribution in [0.1, 0.15) is 56.5 Å². The summed E-state index contributed by atoms with van der Waals surface area (Å²) in [7, 11) is 0. The summed E-state index contributed by atoms with van der Waals surface area (Å²) in [5, 5.41) is 13.9. The Labute approximate surface area is 139 Å². The molecule has 0 spiro atoms. The van der Waals surface area contributed by atoms with Gasteiger partial charge in [-0.3, -0.25) is 4.79 Å². The quantitative estimate of drug-likeness (QED) is 0.888. The molecular formula is C17H21F3N2O2. The van der Waals surface area contributed by atoms with Crippen LogP contribution in [0, 0.1) is 0 Å². The largest absolute Gasteiger partial charge is 0.438 e. The van der Waals surface area contributed by atoms with E-state index in [1.54, 1.807) is 19.1 Å². The van der Waals surface area contributed by atoms with E-state index in [1.807, 2.05) is 20.8 Å². The summed E-state index contributed by atoms with van der Waals surface area (Å²) in [4.78, 5) is 12.5. The molecule has 24 heavy (non-hydrogen) atoms. The van der Waals surface area contributed by atoms with Gasteiger partial charge in [0.2, 0.25) is 0 Å². The van der Waals surface area contributed by atoms with Gasteiger partial charge in [0.15, 0.2) is 0 Å². The molecule has 0 aliphatic carbocycles. The zero-order valence-corrected chi connectivity index (χ0v) is 14.1. The van der Waals surface area contributed by atoms with E-state index >= 15 is 0 Å². The molecule has 7 heteroatoms. The number of benzene rings is 1. The number of halogens is 3. The zero-order valence-electron chi connectivity index (χ0n) is 14.1. The average Bonchev–Trinajstić information content (AvgIpc) is 2.84. The number of aliphatic hydroxyl groups is 1. The van der Waals surface area contributed by atoms with Gasteiger partial charge in [-0.05, 0) is 29.5 Å². The Morgan fingerprint density at radius 3 is 2.21 bits per heavy atom. The molecular weight excluding hydrogens is 321 g/mol. The number of rotatable bonds is 2. The maximum Gasteiger partial charge on any atom is 0.438 e. The highest BCUT2D eigenvalue weighted by atomic mass is 19.4. The van der Waals surface area contributed by atoms with Gasteiger partial charge in [0, 0.05) is 17.7 Å². The van der Waals surface area contributed by atoms with Gasteiger partial charge in [-0.25, -0.2) is 0 Å². The lowest BCUT2D eigenvalue weighted by atomic mass is 9.86. The minimum absolute atomic E-state index is 0.0479. The number of nitrogens with zero attached hydrogens (tertiary/aromatic N) is 2. The van der Waals surface area contributed by atoms with Crippen LogP contribution in [-0.4, -0.2) is 33.6 Å². The Hall–Kier alpha value is -1.89. The standard InChI is InChI=1S/C17H21F3N2O2/c1-5-13-10-16(24,17(18,19)20)22(21-13)14(23)11-6-8-12(9-7-11)15(2,3)4/h6-9,24H,5,10H2,1-4H3/t16-/m0/s1. The fourth-order valence-electron chi connectivity index (χ4n) is 2.48. The highest BCUT2D eigenvalue weighted by Gasteiger charge is 2.63. The van der Waals surface area contributed by atoms with E-state index in [2.05, 4.69) is 5.10 Å². The van der Waals surface area contributed by atoms with Crippen molar-refractivity contribution < 1.29 is 23.1 Å². The van der Waals surface area contributed by atoms with Crippen molar-refractivity contribution in [3.05, 3.63) is 35.4 Å². The maximum atomic E-state index is 13.3. The van der Waals surface area contributed by atoms with E-state index < -0.39 is 24.2 Å². The number of alkyl halides is 3. The highest BCUT2D eigenvalue weighted by Crippen LogP contribution is 2.41. The second-order valence-electron chi connectivity index (χ2n) is 6.96. The molecule has 1 amide bonds. The third kappa shape index (κ3) is 3.17. The molecule has 1 aliphatic heterocycles. The number of carbonyl (C=O) groups excluding carboxylic acids is 1. The van der Waals surface area contributed by atoms with Gasteiger partial charge in [0.25, 0.3) is 11.6 Å². The molecule has 0 aromatic heterocycles. The van der Waals surface area contributed by atoms with E-state index in [1.165, 1.54) is 12.1 Å². The Kier molecular flexibility index (Phi) is 4.52. The maximum absolute atomic E-state index is 13.3. The van der Waals surface area contributed by atoms with Crippen molar-refractivity contribution in [1.29, 1.82) is 0 Å². The number of hydrogen-bond donors (Lipinski definition) is 1. The predicted molar refractivity (Wildman–Crippen MR) is 84.7 cm³/mol. The van der Waals surface area contributed by atoms with Crippen LogP contribution in [0.25, 0.3) is 0 Å². The lowest BCUT2D eigenvalue weighted by Crippen LogP contribution is -2.56. The molecule has 0 fully saturated rings. The molecule has 0 radical (unpaired) electrons. The molecule has 1 heterocycles. The third-order valence-electron chi connectivity index (χ3n) is 4.09. The van der Waals surface area contributed by atoms with Crippen LogP contribution in [0.4, 0.5) is 13.2 Å². The van der Waals surface area contributed by atoms with Crippen LogP contribution < -0.4 is 0 Å². The van der Waals surface area contributed by atoms with Gasteiger partial charge in [-0.15, -0.1) is 0 Å². The van der Waals surface area contributed by atoms with Crippen LogP contribution in [-0.2, 0) is 5.41 Å². The number of hydrogen-bond acceptors (Lipinski definition) is 3. The summed E-state index contributed by atoms with van der Waals surface area (Å²) < 4.78 is 39.9. The lowest BCUT2D eigenvalue weighted by molar-refractivity contribution is -0.297. The highest BCUT2D eigenvalue weighted by molar-refractivity contribution is 5.98. The second-order valence-corrected chi connectivity index (χ2v) is 6.96. The van der Waals surface area contributed by atoms with Gasteiger partial charge in [0.1, 0.15) is 0 Å². The molecule has 0 unspecified atom stereocenters. The molecule has 2 rings (SSSR count). The first kappa shape index (κ1) is 18.4. The Morgan fingerprint density at radius 2 is 1.79 bits per heavy atom. The normalized spacial score (nSPS) is 21.8. The van der Waals surface area contributed by atoms with Crippen LogP contribution in [0.5, 0.6) is 0 Å². The SMILES string of the molecule is CCC1=NN(C(=O)c2ccc(C(C)(C)C)cc2)[C@@](O)(C(F)(F)F)C1. The molecule has 1 atom stereocenters. The molecule has 132 valence electrons. The van der Waals surface area contributed by atoms with E-state index in [9.17, 15) is 23.1 Å². The number of carbonyl (C=O) groups is 1. The van der Waals surface area contributed by atoms with Crippen molar-refractivity contribution >= 4 is 11.6 Å². The predicted octanol–water partition coefficient (Wildman–Crippen LogP) is 3.85. The Balaban J connectivity index is 2.38. The summed E-state index contributed by atoms with van der Waals surface area (Å²) >= 11 is 0. The smallest absolute Gasteiger partial charge is 0.362 e. The molecule has 0 bridgehead atoms. The minimum Gasteiger partial charge on any atom is -0.362 e. The summed E-state index contributed by atoms with van der Waals surface area (Å²) in [6, 6.07) is 6.30. The van der Waals surface area contributed by atoms with Crippen LogP contribution in [0.2, 0.25) is 0 Å². The first-order valence-corrected chi connectivity index (χ1v) is 7.70. The molecule has 1 N–H and O–H groups in total. The molecule has 1 aliphatic rings. The van der Waals surface area contributed by atoms with Gasteiger partial charge in [-0.1, -0.05) is 39.8 Å². The van der Waals surface area contributed by atoms with E-state index in [0.29, 0.717) is 0 Å². The van der Waals surface area contributed by atoms with Crippen molar-refractivity contribution in [2.45, 2.75) is 57.9 Å². The van der Waals surface area contributed by atoms with Crippen molar-refractivity contribution in [1.82, 2.24) is 5.01 Å². The summed E-state index contributed by atoms with van der Waals surface area (Å²) in [5.41, 5.74) is -2.31. The summed E-state index contributed by atoms with van der Waals surface area (Å²) in [5.74, 6) is -0.973. The lowest BCUT2D eigenvalue weighted by Gasteiger charge is -2.32. The van der Waals surface area contributed by atoms with Gasteiger partial charge < -0.3 is 5.11 Å². The molecule has 4 nitrogen and oxygen atoms in total. The van der Waals surface area contributed by atoms with Crippen LogP contribution in [0.15, 0.2) is 29.4 Å². The first-order valence-electron chi connectivity index (χ1n) is 7.70. The van der Waals surface area contributed by atoms with Crippen molar-refractivity contribution in [3.63, 3.8) is 0 Å². The van der Waals surface area contributed by atoms with Crippen molar-refractivity contribution in [3.8, 4) is 0 Å². The average molecular weight is 342 g/mol. The molecule has 1 aromatic rings. The third-order valence-corrected chi connectivity index (χ3v) is 4.09. The van der Waals surface area contributed by atoms with Crippen molar-refractivity contribution in [2.75, 3.05) is 0 Å². The van der Waals surface area contributed by atoms with E-state index in [-0.39, 0.29) is 28.1 Å². The number of amides is 1. The van der Waals surface area contributed by atoms with Crippen LogP contribution >= 0.6 is 0 Å². The van der Waals surface area contributed by atoms with Crippen LogP contribution in [0.3, 0.4) is 0 Å². The Bertz CT molecular complexity index is 660. The minimum atomic E-state index is -4.99. The summed E-state index contributed by atoms with van der Waals surface area (Å²) in [6.45, 7) is 7.60. The van der Waals surface area contributed by atoms with Crippen molar-refractivity contribution in [2.24, 2.45) is 5.10 Å². The monoisotopic (exact) mass is 342 g/mol. The summed E-state index contributed by atoms with van der Waals surface area (Å²) in [6.07, 6.45) is -5.49. The Morgan fingerprint density at radius 1 is 1.25 bits per heavy atom. The number of hydrazone groups is 1.